The Morgan fingerprint density at radius 3 is 2.46 bits per heavy atom. The Morgan fingerprint density at radius 1 is 1.04 bits per heavy atom. The molecule has 1 aliphatic heterocycles. The van der Waals surface area contributed by atoms with E-state index in [1.54, 1.807) is 0 Å². The van der Waals surface area contributed by atoms with Crippen LogP contribution in [0.3, 0.4) is 0 Å². The van der Waals surface area contributed by atoms with Crippen molar-refractivity contribution >= 4 is 5.95 Å². The van der Waals surface area contributed by atoms with E-state index in [1.165, 1.54) is 32.1 Å². The number of piperazine rings is 1. The first-order valence-electron chi connectivity index (χ1n) is 9.90. The lowest BCUT2D eigenvalue weighted by atomic mass is 9.95. The van der Waals surface area contributed by atoms with E-state index in [0.717, 1.165) is 44.4 Å². The monoisotopic (exact) mass is 356 g/mol. The van der Waals surface area contributed by atoms with E-state index in [-0.39, 0.29) is 6.04 Å². The first-order valence-corrected chi connectivity index (χ1v) is 9.90. The van der Waals surface area contributed by atoms with Crippen LogP contribution in [0.15, 0.2) is 18.5 Å². The number of aromatic nitrogens is 6. The van der Waals surface area contributed by atoms with Gasteiger partial charge in [-0.3, -0.25) is 4.90 Å². The Hall–Kier alpha value is -2.09. The Balaban J connectivity index is 1.45. The van der Waals surface area contributed by atoms with Crippen molar-refractivity contribution in [3.05, 3.63) is 24.3 Å². The fraction of sp³-hybridized carbons (Fsp3) is 0.722. The number of hydrogen-bond donors (Lipinski definition) is 0. The maximum Gasteiger partial charge on any atom is 0.225 e. The van der Waals surface area contributed by atoms with Gasteiger partial charge in [0.15, 0.2) is 5.82 Å². The zero-order valence-corrected chi connectivity index (χ0v) is 15.5. The Kier molecular flexibility index (Phi) is 5.38. The van der Waals surface area contributed by atoms with Gasteiger partial charge in [-0.1, -0.05) is 26.2 Å². The third-order valence-corrected chi connectivity index (χ3v) is 5.71. The van der Waals surface area contributed by atoms with E-state index in [9.17, 15) is 0 Å². The van der Waals surface area contributed by atoms with Crippen molar-refractivity contribution in [1.82, 2.24) is 35.1 Å². The summed E-state index contributed by atoms with van der Waals surface area (Å²) in [5.41, 5.74) is 0. The highest BCUT2D eigenvalue weighted by molar-refractivity contribution is 5.29. The van der Waals surface area contributed by atoms with Gasteiger partial charge in [0.2, 0.25) is 5.95 Å². The largest absolute Gasteiger partial charge is 0.338 e. The van der Waals surface area contributed by atoms with Crippen LogP contribution in [0.2, 0.25) is 0 Å². The summed E-state index contributed by atoms with van der Waals surface area (Å²) in [5, 5.41) is 12.8. The van der Waals surface area contributed by atoms with Crippen LogP contribution < -0.4 is 4.90 Å². The normalized spacial score (nSPS) is 21.0. The minimum atomic E-state index is 0.283. The number of nitrogens with zero attached hydrogens (tertiary/aromatic N) is 8. The molecular weight excluding hydrogens is 328 g/mol. The van der Waals surface area contributed by atoms with Crippen LogP contribution in [0.5, 0.6) is 0 Å². The molecule has 2 aliphatic rings. The van der Waals surface area contributed by atoms with Crippen LogP contribution >= 0.6 is 0 Å². The topological polar surface area (TPSA) is 75.9 Å². The Labute approximate surface area is 154 Å². The molecule has 0 amide bonds. The highest BCUT2D eigenvalue weighted by Crippen LogP contribution is 2.31. The molecule has 0 radical (unpaired) electrons. The van der Waals surface area contributed by atoms with Crippen LogP contribution in [0.25, 0.3) is 0 Å². The molecule has 0 spiro atoms. The molecule has 4 rings (SSSR count). The summed E-state index contributed by atoms with van der Waals surface area (Å²) < 4.78 is 2.13. The van der Waals surface area contributed by atoms with Gasteiger partial charge in [-0.15, -0.1) is 5.10 Å². The average Bonchev–Trinajstić information content (AvgIpc) is 3.20. The summed E-state index contributed by atoms with van der Waals surface area (Å²) in [7, 11) is 0. The number of hydrogen-bond acceptors (Lipinski definition) is 7. The summed E-state index contributed by atoms with van der Waals surface area (Å²) in [6, 6.07) is 2.62. The second kappa shape index (κ2) is 8.07. The van der Waals surface area contributed by atoms with Crippen molar-refractivity contribution in [3.63, 3.8) is 0 Å². The lowest BCUT2D eigenvalue weighted by Crippen LogP contribution is -2.48. The molecule has 1 saturated heterocycles. The Bertz CT molecular complexity index is 674. The van der Waals surface area contributed by atoms with Crippen LogP contribution in [-0.2, 0) is 0 Å². The molecule has 2 fully saturated rings. The molecule has 1 atom stereocenters. The van der Waals surface area contributed by atoms with Gasteiger partial charge in [-0.25, -0.2) is 14.6 Å². The number of rotatable bonds is 5. The molecule has 0 bridgehead atoms. The first-order chi connectivity index (χ1) is 12.9. The van der Waals surface area contributed by atoms with E-state index in [1.807, 2.05) is 18.5 Å². The fourth-order valence-corrected chi connectivity index (χ4v) is 4.30. The van der Waals surface area contributed by atoms with E-state index in [4.69, 9.17) is 0 Å². The van der Waals surface area contributed by atoms with Gasteiger partial charge in [0.1, 0.15) is 0 Å². The minimum Gasteiger partial charge on any atom is -0.338 e. The van der Waals surface area contributed by atoms with E-state index in [0.29, 0.717) is 6.04 Å². The third kappa shape index (κ3) is 3.56. The molecular formula is C18H28N8. The lowest BCUT2D eigenvalue weighted by Gasteiger charge is -2.38. The zero-order valence-electron chi connectivity index (χ0n) is 15.5. The smallest absolute Gasteiger partial charge is 0.225 e. The molecule has 140 valence electrons. The molecule has 8 heteroatoms. The van der Waals surface area contributed by atoms with Crippen LogP contribution in [0, 0.1) is 0 Å². The Morgan fingerprint density at radius 2 is 1.77 bits per heavy atom. The summed E-state index contributed by atoms with van der Waals surface area (Å²) in [5.74, 6) is 1.87. The molecule has 26 heavy (non-hydrogen) atoms. The minimum absolute atomic E-state index is 0.283. The third-order valence-electron chi connectivity index (χ3n) is 5.71. The molecule has 1 saturated carbocycles. The van der Waals surface area contributed by atoms with Crippen LogP contribution in [0.1, 0.15) is 63.4 Å². The molecule has 3 heterocycles. The van der Waals surface area contributed by atoms with E-state index >= 15 is 0 Å². The van der Waals surface area contributed by atoms with Crippen LogP contribution in [-0.4, -0.2) is 61.3 Å². The van der Waals surface area contributed by atoms with Crippen LogP contribution in [0.4, 0.5) is 5.95 Å². The molecule has 2 aromatic heterocycles. The van der Waals surface area contributed by atoms with Gasteiger partial charge in [0.05, 0.1) is 12.1 Å². The molecule has 8 nitrogen and oxygen atoms in total. The molecule has 2 aromatic rings. The summed E-state index contributed by atoms with van der Waals surface area (Å²) >= 11 is 0. The second-order valence-corrected chi connectivity index (χ2v) is 7.27. The van der Waals surface area contributed by atoms with Crippen molar-refractivity contribution in [2.45, 2.75) is 57.5 Å². The van der Waals surface area contributed by atoms with Gasteiger partial charge in [0.25, 0.3) is 0 Å². The SMILES string of the molecule is CC[C@@H](c1nnnn1C1CCCCC1)N1CCN(c2ncccn2)CC1. The lowest BCUT2D eigenvalue weighted by molar-refractivity contribution is 0.163. The van der Waals surface area contributed by atoms with Crippen molar-refractivity contribution in [3.8, 4) is 0 Å². The van der Waals surface area contributed by atoms with Crippen molar-refractivity contribution in [2.75, 3.05) is 31.1 Å². The molecule has 0 unspecified atom stereocenters. The fourth-order valence-electron chi connectivity index (χ4n) is 4.30. The molecule has 0 N–H and O–H groups in total. The highest BCUT2D eigenvalue weighted by atomic mass is 15.6. The standard InChI is InChI=1S/C18H28N8/c1-2-16(17-21-22-23-26(17)15-7-4-3-5-8-15)24-11-13-25(14-12-24)18-19-9-6-10-20-18/h6,9-10,15-16H,2-5,7-8,11-14H2,1H3/t16-/m0/s1. The summed E-state index contributed by atoms with van der Waals surface area (Å²) in [6.45, 7) is 6.07. The van der Waals surface area contributed by atoms with Crippen molar-refractivity contribution in [1.29, 1.82) is 0 Å². The quantitative estimate of drug-likeness (QED) is 0.813. The molecule has 0 aromatic carbocycles. The number of anilines is 1. The summed E-state index contributed by atoms with van der Waals surface area (Å²) in [6.07, 6.45) is 11.0. The second-order valence-electron chi connectivity index (χ2n) is 7.27. The predicted molar refractivity (Wildman–Crippen MR) is 98.8 cm³/mol. The van der Waals surface area contributed by atoms with Crippen molar-refractivity contribution < 1.29 is 0 Å². The maximum atomic E-state index is 4.44. The maximum absolute atomic E-state index is 4.44. The van der Waals surface area contributed by atoms with E-state index < -0.39 is 0 Å². The van der Waals surface area contributed by atoms with E-state index in [2.05, 4.69) is 46.9 Å². The van der Waals surface area contributed by atoms with Gasteiger partial charge in [-0.05, 0) is 35.8 Å². The predicted octanol–water partition coefficient (Wildman–Crippen LogP) is 2.24. The number of tetrazole rings is 1. The van der Waals surface area contributed by atoms with Crippen molar-refractivity contribution in [2.24, 2.45) is 0 Å². The average molecular weight is 356 g/mol. The van der Waals surface area contributed by atoms with Gasteiger partial charge < -0.3 is 4.90 Å². The summed E-state index contributed by atoms with van der Waals surface area (Å²) in [4.78, 5) is 13.5. The molecule has 1 aliphatic carbocycles. The zero-order chi connectivity index (χ0) is 17.8. The van der Waals surface area contributed by atoms with Gasteiger partial charge >= 0.3 is 0 Å². The van der Waals surface area contributed by atoms with Gasteiger partial charge in [-0.2, -0.15) is 0 Å². The first kappa shape index (κ1) is 17.3. The van der Waals surface area contributed by atoms with Gasteiger partial charge in [0, 0.05) is 38.6 Å². The highest BCUT2D eigenvalue weighted by Gasteiger charge is 2.30.